The van der Waals surface area contributed by atoms with Crippen LogP contribution < -0.4 is 0 Å². The van der Waals surface area contributed by atoms with Crippen molar-refractivity contribution in [1.29, 1.82) is 0 Å². The van der Waals surface area contributed by atoms with E-state index in [1.165, 1.54) is 5.57 Å². The van der Waals surface area contributed by atoms with Gasteiger partial charge in [-0.1, -0.05) is 37.0 Å². The number of allylic oxidation sites excluding steroid dienone is 4. The molecule has 0 heterocycles. The molecule has 0 bridgehead atoms. The van der Waals surface area contributed by atoms with Gasteiger partial charge in [0.25, 0.3) is 0 Å². The summed E-state index contributed by atoms with van der Waals surface area (Å²) in [5, 5.41) is 0. The Morgan fingerprint density at radius 1 is 1.46 bits per heavy atom. The zero-order valence-corrected chi connectivity index (χ0v) is 8.55. The van der Waals surface area contributed by atoms with E-state index < -0.39 is 0 Å². The van der Waals surface area contributed by atoms with Crippen molar-refractivity contribution >= 4 is 0 Å². The first-order valence-corrected chi connectivity index (χ1v) is 4.43. The Labute approximate surface area is 81.1 Å². The molecule has 0 spiro atoms. The van der Waals surface area contributed by atoms with E-state index in [4.69, 9.17) is 4.74 Å². The van der Waals surface area contributed by atoms with Crippen LogP contribution >= 0.6 is 0 Å². The lowest BCUT2D eigenvalue weighted by Gasteiger charge is -2.04. The average Bonchev–Trinajstić information content (AvgIpc) is 2.05. The van der Waals surface area contributed by atoms with Crippen LogP contribution in [0.2, 0.25) is 0 Å². The van der Waals surface area contributed by atoms with Gasteiger partial charge in [0.1, 0.15) is 5.76 Å². The molecule has 0 aromatic carbocycles. The molecule has 0 aliphatic carbocycles. The maximum atomic E-state index is 5.34. The molecule has 0 aliphatic rings. The minimum absolute atomic E-state index is 0.680. The second-order valence-electron chi connectivity index (χ2n) is 2.81. The minimum Gasteiger partial charge on any atom is -0.494 e. The summed E-state index contributed by atoms with van der Waals surface area (Å²) >= 11 is 0. The predicted molar refractivity (Wildman–Crippen MR) is 58.5 cm³/mol. The van der Waals surface area contributed by atoms with Gasteiger partial charge in [0.05, 0.1) is 6.61 Å². The smallest absolute Gasteiger partial charge is 0.111 e. The van der Waals surface area contributed by atoms with Gasteiger partial charge in [-0.2, -0.15) is 0 Å². The fraction of sp³-hybridized carbons (Fsp3) is 0.333. The van der Waals surface area contributed by atoms with E-state index in [9.17, 15) is 0 Å². The molecule has 0 rings (SSSR count). The molecule has 0 atom stereocenters. The molecule has 0 aromatic rings. The molecule has 72 valence electrons. The van der Waals surface area contributed by atoms with Crippen LogP contribution in [0.3, 0.4) is 0 Å². The van der Waals surface area contributed by atoms with Gasteiger partial charge in [-0.25, -0.2) is 0 Å². The molecule has 0 amide bonds. The van der Waals surface area contributed by atoms with E-state index in [1.54, 1.807) is 6.08 Å². The first-order valence-electron chi connectivity index (χ1n) is 4.43. The van der Waals surface area contributed by atoms with Crippen molar-refractivity contribution in [3.8, 4) is 0 Å². The fourth-order valence-corrected chi connectivity index (χ4v) is 0.862. The molecule has 0 unspecified atom stereocenters. The quantitative estimate of drug-likeness (QED) is 0.446. The maximum Gasteiger partial charge on any atom is 0.111 e. The number of hydrogen-bond acceptors (Lipinski definition) is 1. The monoisotopic (exact) mass is 178 g/mol. The van der Waals surface area contributed by atoms with Crippen LogP contribution in [0.1, 0.15) is 20.3 Å². The van der Waals surface area contributed by atoms with Gasteiger partial charge in [0, 0.05) is 6.42 Å². The molecule has 0 radical (unpaired) electrons. The Kier molecular flexibility index (Phi) is 6.70. The van der Waals surface area contributed by atoms with Gasteiger partial charge in [-0.05, 0) is 19.9 Å². The van der Waals surface area contributed by atoms with Crippen LogP contribution in [0.15, 0.2) is 48.8 Å². The zero-order chi connectivity index (χ0) is 10.1. The van der Waals surface area contributed by atoms with Crippen LogP contribution in [0.25, 0.3) is 0 Å². The maximum absolute atomic E-state index is 5.34. The summed E-state index contributed by atoms with van der Waals surface area (Å²) in [7, 11) is 0. The topological polar surface area (TPSA) is 9.23 Å². The van der Waals surface area contributed by atoms with Crippen molar-refractivity contribution in [2.24, 2.45) is 0 Å². The summed E-state index contributed by atoms with van der Waals surface area (Å²) < 4.78 is 5.34. The summed E-state index contributed by atoms with van der Waals surface area (Å²) in [5.74, 6) is 0.717. The van der Waals surface area contributed by atoms with E-state index in [0.29, 0.717) is 12.4 Å². The van der Waals surface area contributed by atoms with Gasteiger partial charge in [-0.3, -0.25) is 0 Å². The van der Waals surface area contributed by atoms with Crippen LogP contribution in [0.4, 0.5) is 0 Å². The highest BCUT2D eigenvalue weighted by molar-refractivity contribution is 5.09. The third-order valence-corrected chi connectivity index (χ3v) is 1.54. The van der Waals surface area contributed by atoms with Crippen molar-refractivity contribution < 1.29 is 4.74 Å². The molecular formula is C12H18O. The van der Waals surface area contributed by atoms with Gasteiger partial charge in [0.2, 0.25) is 0 Å². The van der Waals surface area contributed by atoms with Crippen molar-refractivity contribution in [3.63, 3.8) is 0 Å². The molecule has 0 saturated carbocycles. The fourth-order valence-electron chi connectivity index (χ4n) is 0.862. The SMILES string of the molecule is C=CC=C(C)CCOC(=C)C=CC. The third kappa shape index (κ3) is 7.13. The van der Waals surface area contributed by atoms with E-state index in [-0.39, 0.29) is 0 Å². The first-order chi connectivity index (χ1) is 6.20. The summed E-state index contributed by atoms with van der Waals surface area (Å²) in [6.45, 7) is 12.0. The Balaban J connectivity index is 3.61. The lowest BCUT2D eigenvalue weighted by Crippen LogP contribution is -1.92. The number of rotatable bonds is 6. The Morgan fingerprint density at radius 2 is 2.15 bits per heavy atom. The number of ether oxygens (including phenoxy) is 1. The van der Waals surface area contributed by atoms with Crippen LogP contribution in [-0.2, 0) is 4.74 Å². The Hall–Kier alpha value is -1.24. The minimum atomic E-state index is 0.680. The highest BCUT2D eigenvalue weighted by Crippen LogP contribution is 2.03. The van der Waals surface area contributed by atoms with E-state index in [2.05, 4.69) is 20.1 Å². The second-order valence-corrected chi connectivity index (χ2v) is 2.81. The molecule has 0 aromatic heterocycles. The van der Waals surface area contributed by atoms with Crippen LogP contribution in [0.5, 0.6) is 0 Å². The zero-order valence-electron chi connectivity index (χ0n) is 8.55. The predicted octanol–water partition coefficient (Wildman–Crippen LogP) is 3.62. The van der Waals surface area contributed by atoms with E-state index in [1.807, 2.05) is 25.2 Å². The Bertz CT molecular complexity index is 221. The second kappa shape index (κ2) is 7.41. The normalized spacial score (nSPS) is 11.7. The summed E-state index contributed by atoms with van der Waals surface area (Å²) in [6.07, 6.45) is 8.46. The summed E-state index contributed by atoms with van der Waals surface area (Å²) in [4.78, 5) is 0. The van der Waals surface area contributed by atoms with Crippen LogP contribution in [0, 0.1) is 0 Å². The van der Waals surface area contributed by atoms with Crippen molar-refractivity contribution in [2.45, 2.75) is 20.3 Å². The summed E-state index contributed by atoms with van der Waals surface area (Å²) in [5.41, 5.74) is 1.27. The third-order valence-electron chi connectivity index (χ3n) is 1.54. The Morgan fingerprint density at radius 3 is 2.69 bits per heavy atom. The average molecular weight is 178 g/mol. The molecule has 1 heteroatoms. The molecule has 0 saturated heterocycles. The van der Waals surface area contributed by atoms with Gasteiger partial charge in [-0.15, -0.1) is 0 Å². The molecule has 1 nitrogen and oxygen atoms in total. The highest BCUT2D eigenvalue weighted by atomic mass is 16.5. The van der Waals surface area contributed by atoms with Gasteiger partial charge < -0.3 is 4.74 Å². The van der Waals surface area contributed by atoms with Gasteiger partial charge in [0.15, 0.2) is 0 Å². The number of hydrogen-bond donors (Lipinski definition) is 0. The molecule has 13 heavy (non-hydrogen) atoms. The lowest BCUT2D eigenvalue weighted by molar-refractivity contribution is 0.229. The molecule has 0 fully saturated rings. The standard InChI is InChI=1S/C12H18O/c1-5-7-11(3)9-10-13-12(4)8-6-2/h5-8H,1,4,9-10H2,2-3H3. The van der Waals surface area contributed by atoms with E-state index in [0.717, 1.165) is 6.42 Å². The molecule has 0 N–H and O–H groups in total. The first kappa shape index (κ1) is 11.8. The van der Waals surface area contributed by atoms with Crippen LogP contribution in [-0.4, -0.2) is 6.61 Å². The van der Waals surface area contributed by atoms with Crippen molar-refractivity contribution in [3.05, 3.63) is 48.8 Å². The highest BCUT2D eigenvalue weighted by Gasteiger charge is 1.90. The largest absolute Gasteiger partial charge is 0.494 e. The summed E-state index contributed by atoms with van der Waals surface area (Å²) in [6, 6.07) is 0. The van der Waals surface area contributed by atoms with Crippen molar-refractivity contribution in [1.82, 2.24) is 0 Å². The van der Waals surface area contributed by atoms with E-state index >= 15 is 0 Å². The van der Waals surface area contributed by atoms with Gasteiger partial charge >= 0.3 is 0 Å². The van der Waals surface area contributed by atoms with Crippen molar-refractivity contribution in [2.75, 3.05) is 6.61 Å². The molecule has 0 aliphatic heterocycles. The lowest BCUT2D eigenvalue weighted by atomic mass is 10.2. The molecular weight excluding hydrogens is 160 g/mol.